The molecule has 0 radical (unpaired) electrons. The van der Waals surface area contributed by atoms with Crippen LogP contribution in [0.2, 0.25) is 0 Å². The first-order chi connectivity index (χ1) is 12.8. The summed E-state index contributed by atoms with van der Waals surface area (Å²) < 4.78 is 23.6. The average Bonchev–Trinajstić information content (AvgIpc) is 2.99. The van der Waals surface area contributed by atoms with Crippen LogP contribution < -0.4 is 22.3 Å². The van der Waals surface area contributed by atoms with Gasteiger partial charge in [-0.25, -0.2) is 18.7 Å². The Bertz CT molecular complexity index is 1110. The fourth-order valence-corrected chi connectivity index (χ4v) is 3.61. The number of carboxylic acids is 1. The lowest BCUT2D eigenvalue weighted by Gasteiger charge is -2.31. The molecule has 1 aliphatic rings. The summed E-state index contributed by atoms with van der Waals surface area (Å²) in [4.78, 5) is 53.5. The fourth-order valence-electron chi connectivity index (χ4n) is 3.12. The number of aromatic amines is 2. The standard InChI is InChI=1S/C13H17N6O7P/c20-10-8-9(16-12(23)15-8)18(13(24)19(10)27(25)26)4-1-3-17-5-2-14-7(6-17)11(21)22/h7,14H,1-6H2,(H,21,22)(H2,15,16,23). The molecule has 0 bridgehead atoms. The first-order valence-corrected chi connectivity index (χ1v) is 9.23. The highest BCUT2D eigenvalue weighted by Gasteiger charge is 2.24. The normalized spacial score (nSPS) is 18.0. The van der Waals surface area contributed by atoms with E-state index in [0.717, 1.165) is 4.57 Å². The molecule has 0 aliphatic carbocycles. The van der Waals surface area contributed by atoms with E-state index < -0.39 is 36.8 Å². The zero-order valence-corrected chi connectivity index (χ0v) is 14.9. The number of nitrogens with one attached hydrogen (secondary N) is 3. The second-order valence-corrected chi connectivity index (χ2v) is 6.97. The van der Waals surface area contributed by atoms with E-state index >= 15 is 0 Å². The van der Waals surface area contributed by atoms with Crippen LogP contribution in [-0.2, 0) is 20.5 Å². The van der Waals surface area contributed by atoms with Gasteiger partial charge in [0.25, 0.3) is 5.56 Å². The van der Waals surface area contributed by atoms with E-state index in [1.165, 1.54) is 0 Å². The van der Waals surface area contributed by atoms with Crippen molar-refractivity contribution in [3.8, 4) is 0 Å². The Morgan fingerprint density at radius 1 is 1.19 bits per heavy atom. The molecule has 14 heteroatoms. The van der Waals surface area contributed by atoms with Gasteiger partial charge in [-0.2, -0.15) is 0 Å². The van der Waals surface area contributed by atoms with Crippen LogP contribution in [0.5, 0.6) is 0 Å². The molecule has 0 aromatic carbocycles. The van der Waals surface area contributed by atoms with Crippen LogP contribution in [0.15, 0.2) is 14.4 Å². The zero-order chi connectivity index (χ0) is 19.7. The maximum Gasteiger partial charge on any atom is 0.438 e. The minimum absolute atomic E-state index is 0.0360. The molecule has 3 heterocycles. The first kappa shape index (κ1) is 19.0. The van der Waals surface area contributed by atoms with Crippen molar-refractivity contribution in [2.24, 2.45) is 0 Å². The molecule has 0 saturated carbocycles. The SMILES string of the molecule is O=C(O)C1CN(CCCn2c(=O)n(P(=O)=O)c(=O)c3[nH]c(=O)[nH]c32)CCN1. The summed E-state index contributed by atoms with van der Waals surface area (Å²) in [5.74, 6) is -0.950. The maximum atomic E-state index is 12.4. The van der Waals surface area contributed by atoms with Crippen LogP contribution in [-0.4, -0.2) is 67.1 Å². The third-order valence-corrected chi connectivity index (χ3v) is 5.05. The van der Waals surface area contributed by atoms with Crippen LogP contribution in [0.4, 0.5) is 0 Å². The molecular weight excluding hydrogens is 383 g/mol. The van der Waals surface area contributed by atoms with E-state index in [1.54, 1.807) is 0 Å². The number of carboxylic acid groups (broad SMARTS) is 1. The predicted molar refractivity (Wildman–Crippen MR) is 91.6 cm³/mol. The highest BCUT2D eigenvalue weighted by atomic mass is 31.1. The monoisotopic (exact) mass is 400 g/mol. The number of H-pyrrole nitrogens is 2. The minimum atomic E-state index is -3.51. The molecule has 2 aromatic rings. The Kier molecular flexibility index (Phi) is 5.26. The van der Waals surface area contributed by atoms with E-state index in [0.29, 0.717) is 32.6 Å². The van der Waals surface area contributed by atoms with Crippen molar-refractivity contribution in [3.05, 3.63) is 31.3 Å². The van der Waals surface area contributed by atoms with E-state index in [9.17, 15) is 28.3 Å². The second kappa shape index (κ2) is 7.47. The Hall–Kier alpha value is -2.76. The Balaban J connectivity index is 1.85. The maximum absolute atomic E-state index is 12.4. The van der Waals surface area contributed by atoms with Gasteiger partial charge in [0.05, 0.1) is 0 Å². The van der Waals surface area contributed by atoms with Gasteiger partial charge >= 0.3 is 25.2 Å². The number of piperazine rings is 1. The Morgan fingerprint density at radius 3 is 2.59 bits per heavy atom. The predicted octanol–water partition coefficient (Wildman–Crippen LogP) is -2.14. The second-order valence-electron chi connectivity index (χ2n) is 6.09. The molecule has 1 saturated heterocycles. The first-order valence-electron chi connectivity index (χ1n) is 8.10. The molecule has 2 aromatic heterocycles. The molecule has 146 valence electrons. The van der Waals surface area contributed by atoms with Crippen molar-refractivity contribution in [2.45, 2.75) is 19.0 Å². The van der Waals surface area contributed by atoms with E-state index in [4.69, 9.17) is 5.11 Å². The minimum Gasteiger partial charge on any atom is -0.480 e. The van der Waals surface area contributed by atoms with Crippen molar-refractivity contribution < 1.29 is 19.0 Å². The third kappa shape index (κ3) is 3.70. The van der Waals surface area contributed by atoms with E-state index in [1.807, 2.05) is 4.90 Å². The number of hydrogen-bond donors (Lipinski definition) is 4. The summed E-state index contributed by atoms with van der Waals surface area (Å²) in [7, 11) is -3.51. The fraction of sp³-hybridized carbons (Fsp3) is 0.538. The molecule has 4 N–H and O–H groups in total. The van der Waals surface area contributed by atoms with Crippen molar-refractivity contribution in [2.75, 3.05) is 26.2 Å². The van der Waals surface area contributed by atoms with Crippen LogP contribution >= 0.6 is 7.83 Å². The Morgan fingerprint density at radius 2 is 1.93 bits per heavy atom. The van der Waals surface area contributed by atoms with Crippen LogP contribution in [0, 0.1) is 0 Å². The summed E-state index contributed by atoms with van der Waals surface area (Å²) in [5, 5.41) is 11.9. The molecule has 13 nitrogen and oxygen atoms in total. The van der Waals surface area contributed by atoms with E-state index in [2.05, 4.69) is 15.3 Å². The van der Waals surface area contributed by atoms with Gasteiger partial charge in [0.1, 0.15) is 11.7 Å². The van der Waals surface area contributed by atoms with Gasteiger partial charge in [-0.15, -0.1) is 4.34 Å². The number of aliphatic carboxylic acids is 1. The lowest BCUT2D eigenvalue weighted by molar-refractivity contribution is -0.140. The van der Waals surface area contributed by atoms with Gasteiger partial charge in [0.2, 0.25) is 0 Å². The van der Waals surface area contributed by atoms with Crippen LogP contribution in [0.3, 0.4) is 0 Å². The van der Waals surface area contributed by atoms with Crippen LogP contribution in [0.25, 0.3) is 11.2 Å². The number of hydrogen-bond acceptors (Lipinski definition) is 8. The number of rotatable bonds is 6. The smallest absolute Gasteiger partial charge is 0.438 e. The lowest BCUT2D eigenvalue weighted by atomic mass is 10.2. The van der Waals surface area contributed by atoms with Gasteiger partial charge in [0, 0.05) is 26.2 Å². The van der Waals surface area contributed by atoms with Gasteiger partial charge in [-0.05, 0) is 13.0 Å². The molecule has 3 rings (SSSR count). The molecular formula is C13H17N6O7P. The van der Waals surface area contributed by atoms with Crippen molar-refractivity contribution in [1.82, 2.24) is 29.1 Å². The van der Waals surface area contributed by atoms with Crippen molar-refractivity contribution in [3.63, 3.8) is 0 Å². The molecule has 0 spiro atoms. The largest absolute Gasteiger partial charge is 0.480 e. The van der Waals surface area contributed by atoms with Gasteiger partial charge in [0.15, 0.2) is 5.52 Å². The van der Waals surface area contributed by atoms with Gasteiger partial charge in [-0.1, -0.05) is 0 Å². The summed E-state index contributed by atoms with van der Waals surface area (Å²) in [5.41, 5.74) is -3.30. The molecule has 1 atom stereocenters. The number of aromatic nitrogens is 4. The number of imidazole rings is 1. The number of carbonyl (C=O) groups is 1. The summed E-state index contributed by atoms with van der Waals surface area (Å²) in [6, 6.07) is -0.680. The van der Waals surface area contributed by atoms with Crippen LogP contribution in [0.1, 0.15) is 6.42 Å². The zero-order valence-electron chi connectivity index (χ0n) is 14.0. The highest BCUT2D eigenvalue weighted by Crippen LogP contribution is 2.07. The van der Waals surface area contributed by atoms with Gasteiger partial charge in [-0.3, -0.25) is 29.0 Å². The third-order valence-electron chi connectivity index (χ3n) is 4.37. The number of aryl methyl sites for hydroxylation is 1. The number of fused-ring (bicyclic) bond motifs is 1. The number of nitrogens with zero attached hydrogens (tertiary/aromatic N) is 3. The van der Waals surface area contributed by atoms with Crippen molar-refractivity contribution in [1.29, 1.82) is 0 Å². The molecule has 1 unspecified atom stereocenters. The molecule has 27 heavy (non-hydrogen) atoms. The van der Waals surface area contributed by atoms with E-state index in [-0.39, 0.29) is 22.0 Å². The summed E-state index contributed by atoms with van der Waals surface area (Å²) in [6.07, 6.45) is 0.377. The van der Waals surface area contributed by atoms with Crippen molar-refractivity contribution >= 4 is 25.0 Å². The van der Waals surface area contributed by atoms with Gasteiger partial charge < -0.3 is 10.4 Å². The topological polar surface area (TPSA) is 179 Å². The lowest BCUT2D eigenvalue weighted by Crippen LogP contribution is -2.54. The summed E-state index contributed by atoms with van der Waals surface area (Å²) in [6.45, 7) is 1.92. The Labute approximate surface area is 150 Å². The molecule has 0 amide bonds. The molecule has 1 fully saturated rings. The quantitative estimate of drug-likeness (QED) is 0.394. The summed E-state index contributed by atoms with van der Waals surface area (Å²) >= 11 is 0. The average molecular weight is 400 g/mol. The molecule has 1 aliphatic heterocycles. The highest BCUT2D eigenvalue weighted by molar-refractivity contribution is 7.28.